The van der Waals surface area contributed by atoms with E-state index in [1.54, 1.807) is 0 Å². The van der Waals surface area contributed by atoms with Crippen molar-refractivity contribution < 1.29 is 27.4 Å². The molecule has 0 atom stereocenters. The first-order valence-corrected chi connectivity index (χ1v) is 9.28. The van der Waals surface area contributed by atoms with Crippen molar-refractivity contribution >= 4 is 49.5 Å². The Morgan fingerprint density at radius 1 is 1.07 bits per heavy atom. The van der Waals surface area contributed by atoms with Crippen LogP contribution in [0, 0.1) is 26.0 Å². The predicted molar refractivity (Wildman–Crippen MR) is 103 cm³/mol. The maximum absolute atomic E-state index is 13.5. The number of nitro groups is 2. The number of hydrogen-bond donors (Lipinski definition) is 1. The minimum absolute atomic E-state index is 0.0169. The fourth-order valence-corrected chi connectivity index (χ4v) is 3.93. The molecule has 0 spiro atoms. The summed E-state index contributed by atoms with van der Waals surface area (Å²) in [4.78, 5) is 19.9. The molecule has 0 radical (unpaired) electrons. The van der Waals surface area contributed by atoms with Crippen LogP contribution >= 0.6 is 27.5 Å². The largest absolute Gasteiger partial charge is 0.418 e. The fourth-order valence-electron chi connectivity index (χ4n) is 2.47. The Hall–Kier alpha value is -3.13. The summed E-state index contributed by atoms with van der Waals surface area (Å²) in [6.45, 7) is 0. The lowest BCUT2D eigenvalue weighted by atomic mass is 10.1. The van der Waals surface area contributed by atoms with Crippen LogP contribution in [0.4, 0.5) is 39.6 Å². The second kappa shape index (κ2) is 7.95. The van der Waals surface area contributed by atoms with Crippen molar-refractivity contribution in [1.82, 2.24) is 4.37 Å². The molecule has 2 aromatic carbocycles. The Labute approximate surface area is 176 Å². The number of benzene rings is 2. The Morgan fingerprint density at radius 2 is 1.70 bits per heavy atom. The van der Waals surface area contributed by atoms with E-state index in [4.69, 9.17) is 0 Å². The molecule has 0 saturated heterocycles. The van der Waals surface area contributed by atoms with E-state index >= 15 is 0 Å². The van der Waals surface area contributed by atoms with Gasteiger partial charge in [0.15, 0.2) is 0 Å². The fraction of sp³-hybridized carbons (Fsp3) is 0.0625. The van der Waals surface area contributed by atoms with E-state index in [9.17, 15) is 37.8 Å². The highest BCUT2D eigenvalue weighted by atomic mass is 79.9. The molecular formula is C16H7BrF4N4O4S. The molecule has 3 rings (SSSR count). The molecule has 0 unspecified atom stereocenters. The molecule has 0 bridgehead atoms. The van der Waals surface area contributed by atoms with E-state index in [0.717, 1.165) is 12.1 Å². The van der Waals surface area contributed by atoms with E-state index in [1.165, 1.54) is 12.1 Å². The Bertz CT molecular complexity index is 1150. The number of halogens is 5. The quantitative estimate of drug-likeness (QED) is 0.247. The van der Waals surface area contributed by atoms with E-state index in [-0.39, 0.29) is 21.2 Å². The summed E-state index contributed by atoms with van der Waals surface area (Å²) in [5.41, 5.74) is -4.03. The van der Waals surface area contributed by atoms with Crippen LogP contribution in [-0.4, -0.2) is 14.2 Å². The summed E-state index contributed by atoms with van der Waals surface area (Å²) in [6, 6.07) is 5.77. The topological polar surface area (TPSA) is 111 Å². The number of nitrogens with one attached hydrogen (secondary N) is 1. The molecule has 30 heavy (non-hydrogen) atoms. The normalized spacial score (nSPS) is 11.4. The molecule has 14 heteroatoms. The average Bonchev–Trinajstić information content (AvgIpc) is 3.01. The van der Waals surface area contributed by atoms with Gasteiger partial charge in [0.05, 0.1) is 25.9 Å². The molecule has 1 aromatic heterocycles. The molecule has 0 amide bonds. The number of nitrogens with zero attached hydrogens (tertiary/aromatic N) is 3. The van der Waals surface area contributed by atoms with E-state index in [0.29, 0.717) is 23.2 Å². The Balaban J connectivity index is 2.14. The van der Waals surface area contributed by atoms with Gasteiger partial charge in [0, 0.05) is 11.6 Å². The van der Waals surface area contributed by atoms with Gasteiger partial charge in [-0.05, 0) is 51.7 Å². The third kappa shape index (κ3) is 4.23. The molecule has 3 aromatic rings. The van der Waals surface area contributed by atoms with Crippen molar-refractivity contribution in [1.29, 1.82) is 0 Å². The van der Waals surface area contributed by atoms with Crippen molar-refractivity contribution in [2.45, 2.75) is 6.18 Å². The average molecular weight is 507 g/mol. The molecule has 156 valence electrons. The van der Waals surface area contributed by atoms with E-state index in [2.05, 4.69) is 25.6 Å². The summed E-state index contributed by atoms with van der Waals surface area (Å²) >= 11 is 3.87. The molecule has 0 saturated carbocycles. The third-order valence-electron chi connectivity index (χ3n) is 3.81. The molecule has 0 aliphatic heterocycles. The molecule has 1 N–H and O–H groups in total. The summed E-state index contributed by atoms with van der Waals surface area (Å²) in [6.07, 6.45) is -5.12. The zero-order valence-corrected chi connectivity index (χ0v) is 16.6. The van der Waals surface area contributed by atoms with Gasteiger partial charge in [0.1, 0.15) is 22.2 Å². The van der Waals surface area contributed by atoms with E-state index in [1.807, 2.05) is 0 Å². The zero-order chi connectivity index (χ0) is 22.2. The van der Waals surface area contributed by atoms with Crippen molar-refractivity contribution in [2.75, 3.05) is 5.32 Å². The van der Waals surface area contributed by atoms with Crippen LogP contribution in [0.3, 0.4) is 0 Å². The van der Waals surface area contributed by atoms with Gasteiger partial charge in [0.25, 0.3) is 11.4 Å². The highest BCUT2D eigenvalue weighted by molar-refractivity contribution is 9.10. The lowest BCUT2D eigenvalue weighted by Gasteiger charge is -2.14. The summed E-state index contributed by atoms with van der Waals surface area (Å²) < 4.78 is 57.9. The molecule has 0 fully saturated rings. The van der Waals surface area contributed by atoms with Crippen molar-refractivity contribution in [2.24, 2.45) is 0 Å². The maximum atomic E-state index is 13.5. The highest BCUT2D eigenvalue weighted by Gasteiger charge is 2.40. The molecule has 1 heterocycles. The smallest absolute Gasteiger partial charge is 0.339 e. The van der Waals surface area contributed by atoms with Crippen molar-refractivity contribution in [3.05, 3.63) is 72.5 Å². The van der Waals surface area contributed by atoms with Gasteiger partial charge in [-0.2, -0.15) is 17.5 Å². The van der Waals surface area contributed by atoms with Gasteiger partial charge in [-0.3, -0.25) is 20.2 Å². The van der Waals surface area contributed by atoms with Crippen molar-refractivity contribution in [3.63, 3.8) is 0 Å². The number of anilines is 2. The van der Waals surface area contributed by atoms with Gasteiger partial charge in [-0.1, -0.05) is 0 Å². The van der Waals surface area contributed by atoms with Gasteiger partial charge in [-0.15, -0.1) is 0 Å². The second-order valence-electron chi connectivity index (χ2n) is 5.71. The molecule has 0 aliphatic carbocycles. The lowest BCUT2D eigenvalue weighted by Crippen LogP contribution is -2.11. The maximum Gasteiger partial charge on any atom is 0.418 e. The number of aromatic nitrogens is 1. The second-order valence-corrected chi connectivity index (χ2v) is 7.27. The Kier molecular flexibility index (Phi) is 5.72. The SMILES string of the molecule is O=[N+]([O-])c1cc([N+](=O)[O-])c(Nc2snc(-c3ccc(F)cc3)c2Br)c(C(F)(F)F)c1. The van der Waals surface area contributed by atoms with Crippen LogP contribution in [0.1, 0.15) is 5.56 Å². The number of non-ortho nitro benzene ring substituents is 1. The zero-order valence-electron chi connectivity index (χ0n) is 14.2. The van der Waals surface area contributed by atoms with Crippen LogP contribution in [0.2, 0.25) is 0 Å². The minimum Gasteiger partial charge on any atom is -0.339 e. The van der Waals surface area contributed by atoms with Crippen LogP contribution < -0.4 is 5.32 Å². The number of rotatable bonds is 5. The standard InChI is InChI=1S/C16H7BrF4N4O4S/c17-12-13(7-1-3-8(18)4-2-7)23-30-15(12)22-14-10(16(19,20)21)5-9(24(26)27)6-11(14)25(28)29/h1-6,22H. The first kappa shape index (κ1) is 21.6. The first-order chi connectivity index (χ1) is 14.0. The number of hydrogen-bond acceptors (Lipinski definition) is 7. The van der Waals surface area contributed by atoms with Gasteiger partial charge in [-0.25, -0.2) is 4.39 Å². The van der Waals surface area contributed by atoms with Gasteiger partial charge >= 0.3 is 6.18 Å². The summed E-state index contributed by atoms with van der Waals surface area (Å²) in [5.74, 6) is -0.500. The van der Waals surface area contributed by atoms with Gasteiger partial charge in [0.2, 0.25) is 0 Å². The molecule has 0 aliphatic rings. The summed E-state index contributed by atoms with van der Waals surface area (Å²) in [7, 11) is 0. The monoisotopic (exact) mass is 506 g/mol. The molecule has 8 nitrogen and oxygen atoms in total. The molecular weight excluding hydrogens is 500 g/mol. The van der Waals surface area contributed by atoms with Crippen LogP contribution in [0.15, 0.2) is 40.9 Å². The Morgan fingerprint density at radius 3 is 2.23 bits per heavy atom. The third-order valence-corrected chi connectivity index (χ3v) is 5.60. The number of nitro benzene ring substituents is 2. The predicted octanol–water partition coefficient (Wildman–Crippen LogP) is 6.29. The van der Waals surface area contributed by atoms with Crippen molar-refractivity contribution in [3.8, 4) is 11.3 Å². The first-order valence-electron chi connectivity index (χ1n) is 7.71. The highest BCUT2D eigenvalue weighted by Crippen LogP contribution is 2.46. The van der Waals surface area contributed by atoms with E-state index < -0.39 is 44.5 Å². The summed E-state index contributed by atoms with van der Waals surface area (Å²) in [5, 5.41) is 24.5. The van der Waals surface area contributed by atoms with Crippen LogP contribution in [0.25, 0.3) is 11.3 Å². The van der Waals surface area contributed by atoms with Crippen LogP contribution in [-0.2, 0) is 6.18 Å². The van der Waals surface area contributed by atoms with Gasteiger partial charge < -0.3 is 5.32 Å². The van der Waals surface area contributed by atoms with Crippen LogP contribution in [0.5, 0.6) is 0 Å². The number of alkyl halides is 3. The lowest BCUT2D eigenvalue weighted by molar-refractivity contribution is -0.394. The minimum atomic E-state index is -5.12.